The number of aldehydes is 1. The molecule has 192 valence electrons. The standard InChI is InChI=1S/C27H20ClFN4O5/c28-26-25(13-30-16-31-26)38-23-8-4-19(29)12-24(23)37-15-17-1-5-20(6-2-17)36-10-9-33-22-7-3-18(14-34)11-21(22)32-27(33)35/h1-8,11-14,16H,9-10,15H2,(H,32,35). The van der Waals surface area contributed by atoms with Gasteiger partial charge in [0.25, 0.3) is 0 Å². The van der Waals surface area contributed by atoms with Crippen molar-refractivity contribution < 1.29 is 23.4 Å². The SMILES string of the molecule is O=Cc1ccc2c(c1)[nH]c(=O)n2CCOc1ccc(COc2cc(F)ccc2Oc2cncnc2Cl)cc1. The monoisotopic (exact) mass is 534 g/mol. The lowest BCUT2D eigenvalue weighted by molar-refractivity contribution is 0.112. The van der Waals surface area contributed by atoms with Crippen LogP contribution in [0.1, 0.15) is 15.9 Å². The zero-order valence-corrected chi connectivity index (χ0v) is 20.5. The van der Waals surface area contributed by atoms with Crippen LogP contribution in [-0.2, 0) is 13.2 Å². The van der Waals surface area contributed by atoms with E-state index in [9.17, 15) is 14.0 Å². The lowest BCUT2D eigenvalue weighted by Gasteiger charge is -2.13. The second kappa shape index (κ2) is 11.1. The minimum absolute atomic E-state index is 0.118. The first-order valence-electron chi connectivity index (χ1n) is 11.5. The van der Waals surface area contributed by atoms with Crippen molar-refractivity contribution >= 4 is 28.9 Å². The van der Waals surface area contributed by atoms with Crippen molar-refractivity contribution in [2.24, 2.45) is 0 Å². The van der Waals surface area contributed by atoms with Crippen LogP contribution in [-0.4, -0.2) is 32.4 Å². The van der Waals surface area contributed by atoms with Crippen LogP contribution in [0.15, 0.2) is 78.0 Å². The summed E-state index contributed by atoms with van der Waals surface area (Å²) in [5, 5.41) is 0.118. The van der Waals surface area contributed by atoms with Crippen LogP contribution in [0.25, 0.3) is 11.0 Å². The molecule has 0 fully saturated rings. The largest absolute Gasteiger partial charge is 0.492 e. The third-order valence-electron chi connectivity index (χ3n) is 5.59. The Morgan fingerprint density at radius 2 is 1.84 bits per heavy atom. The van der Waals surface area contributed by atoms with Gasteiger partial charge in [-0.25, -0.2) is 19.2 Å². The number of hydrogen-bond donors (Lipinski definition) is 1. The molecule has 0 aliphatic rings. The van der Waals surface area contributed by atoms with Crippen molar-refractivity contribution in [3.05, 3.63) is 106 Å². The molecule has 3 aromatic carbocycles. The first-order chi connectivity index (χ1) is 18.5. The minimum atomic E-state index is -0.481. The molecule has 2 aromatic heterocycles. The predicted molar refractivity (Wildman–Crippen MR) is 138 cm³/mol. The number of nitrogens with one attached hydrogen (secondary N) is 1. The average molecular weight is 535 g/mol. The van der Waals surface area contributed by atoms with E-state index in [0.717, 1.165) is 11.8 Å². The lowest BCUT2D eigenvalue weighted by atomic mass is 10.2. The van der Waals surface area contributed by atoms with E-state index in [1.165, 1.54) is 30.7 Å². The van der Waals surface area contributed by atoms with Crippen molar-refractivity contribution in [1.82, 2.24) is 19.5 Å². The molecular weight excluding hydrogens is 515 g/mol. The molecule has 0 amide bonds. The molecule has 0 unspecified atom stereocenters. The number of aromatic nitrogens is 4. The van der Waals surface area contributed by atoms with Gasteiger partial charge >= 0.3 is 5.69 Å². The van der Waals surface area contributed by atoms with Gasteiger partial charge in [0, 0.05) is 11.6 Å². The average Bonchev–Trinajstić information content (AvgIpc) is 3.24. The first kappa shape index (κ1) is 25.0. The van der Waals surface area contributed by atoms with Crippen molar-refractivity contribution in [2.45, 2.75) is 13.2 Å². The molecule has 0 aliphatic heterocycles. The van der Waals surface area contributed by atoms with E-state index in [1.807, 2.05) is 12.1 Å². The van der Waals surface area contributed by atoms with Crippen LogP contribution in [0.3, 0.4) is 0 Å². The number of imidazole rings is 1. The Morgan fingerprint density at radius 3 is 2.63 bits per heavy atom. The molecule has 38 heavy (non-hydrogen) atoms. The third-order valence-corrected chi connectivity index (χ3v) is 5.88. The first-order valence-corrected chi connectivity index (χ1v) is 11.8. The fourth-order valence-corrected chi connectivity index (χ4v) is 3.87. The summed E-state index contributed by atoms with van der Waals surface area (Å²) in [5.74, 6) is 0.795. The topological polar surface area (TPSA) is 108 Å². The van der Waals surface area contributed by atoms with Crippen molar-refractivity contribution in [1.29, 1.82) is 0 Å². The Balaban J connectivity index is 1.19. The molecule has 0 aliphatic carbocycles. The van der Waals surface area contributed by atoms with Crippen LogP contribution in [0.4, 0.5) is 4.39 Å². The van der Waals surface area contributed by atoms with Gasteiger partial charge in [0.15, 0.2) is 22.4 Å². The summed E-state index contributed by atoms with van der Waals surface area (Å²) in [6.45, 7) is 0.726. The maximum Gasteiger partial charge on any atom is 0.326 e. The Bertz CT molecular complexity index is 1650. The number of H-pyrrole nitrogens is 1. The van der Waals surface area contributed by atoms with Crippen LogP contribution < -0.4 is 19.9 Å². The zero-order valence-electron chi connectivity index (χ0n) is 19.8. The Hall–Kier alpha value is -4.70. The summed E-state index contributed by atoms with van der Waals surface area (Å²) < 4.78 is 32.7. The predicted octanol–water partition coefficient (Wildman–Crippen LogP) is 5.17. The van der Waals surface area contributed by atoms with E-state index in [-0.39, 0.29) is 41.3 Å². The van der Waals surface area contributed by atoms with E-state index in [0.29, 0.717) is 28.9 Å². The Labute approximate surface area is 220 Å². The number of aromatic amines is 1. The van der Waals surface area contributed by atoms with Gasteiger partial charge in [-0.05, 0) is 48.0 Å². The number of nitrogens with zero attached hydrogens (tertiary/aromatic N) is 3. The minimum Gasteiger partial charge on any atom is -0.492 e. The van der Waals surface area contributed by atoms with Gasteiger partial charge in [-0.1, -0.05) is 23.7 Å². The summed E-state index contributed by atoms with van der Waals surface area (Å²) in [5.41, 5.74) is 2.31. The van der Waals surface area contributed by atoms with Gasteiger partial charge in [-0.15, -0.1) is 0 Å². The van der Waals surface area contributed by atoms with Crippen molar-refractivity contribution in [3.8, 4) is 23.0 Å². The molecular formula is C27H20ClFN4O5. The smallest absolute Gasteiger partial charge is 0.326 e. The quantitative estimate of drug-likeness (QED) is 0.194. The zero-order chi connectivity index (χ0) is 26.5. The molecule has 11 heteroatoms. The van der Waals surface area contributed by atoms with Gasteiger partial charge in [0.1, 0.15) is 37.4 Å². The lowest BCUT2D eigenvalue weighted by Crippen LogP contribution is -2.20. The Morgan fingerprint density at radius 1 is 1.00 bits per heavy atom. The molecule has 5 aromatic rings. The van der Waals surface area contributed by atoms with E-state index >= 15 is 0 Å². The van der Waals surface area contributed by atoms with Gasteiger partial charge in [-0.3, -0.25) is 9.36 Å². The van der Waals surface area contributed by atoms with Crippen LogP contribution >= 0.6 is 11.6 Å². The summed E-state index contributed by atoms with van der Waals surface area (Å²) >= 11 is 6.02. The third kappa shape index (κ3) is 5.65. The van der Waals surface area contributed by atoms with Gasteiger partial charge < -0.3 is 19.2 Å². The molecule has 1 N–H and O–H groups in total. The number of hydrogen-bond acceptors (Lipinski definition) is 7. The number of carbonyl (C=O) groups is 1. The highest BCUT2D eigenvalue weighted by Crippen LogP contribution is 2.34. The number of halogens is 2. The van der Waals surface area contributed by atoms with Gasteiger partial charge in [0.2, 0.25) is 0 Å². The fraction of sp³-hybridized carbons (Fsp3) is 0.111. The number of carbonyl (C=O) groups excluding carboxylic acids is 1. The fourth-order valence-electron chi connectivity index (χ4n) is 3.74. The highest BCUT2D eigenvalue weighted by Gasteiger charge is 2.12. The number of fused-ring (bicyclic) bond motifs is 1. The molecule has 0 bridgehead atoms. The normalized spacial score (nSPS) is 10.9. The number of benzene rings is 3. The molecule has 0 atom stereocenters. The molecule has 0 saturated carbocycles. The maximum atomic E-state index is 13.9. The molecule has 9 nitrogen and oxygen atoms in total. The second-order valence-electron chi connectivity index (χ2n) is 8.13. The second-order valence-corrected chi connectivity index (χ2v) is 8.49. The molecule has 0 radical (unpaired) electrons. The highest BCUT2D eigenvalue weighted by molar-refractivity contribution is 6.30. The summed E-state index contributed by atoms with van der Waals surface area (Å²) in [7, 11) is 0. The van der Waals surface area contributed by atoms with E-state index < -0.39 is 5.82 Å². The van der Waals surface area contributed by atoms with Crippen molar-refractivity contribution in [2.75, 3.05) is 6.61 Å². The summed E-state index contributed by atoms with van der Waals surface area (Å²) in [6.07, 6.45) is 3.42. The van der Waals surface area contributed by atoms with Crippen LogP contribution in [0.5, 0.6) is 23.0 Å². The molecule has 2 heterocycles. The Kier molecular flexibility index (Phi) is 7.32. The summed E-state index contributed by atoms with van der Waals surface area (Å²) in [6, 6.07) is 16.1. The number of rotatable bonds is 10. The molecule has 0 saturated heterocycles. The van der Waals surface area contributed by atoms with E-state index in [1.54, 1.807) is 34.9 Å². The molecule has 5 rings (SSSR count). The maximum absolute atomic E-state index is 13.9. The van der Waals surface area contributed by atoms with Crippen LogP contribution in [0, 0.1) is 5.82 Å². The van der Waals surface area contributed by atoms with E-state index in [4.69, 9.17) is 25.8 Å². The molecule has 0 spiro atoms. The highest BCUT2D eigenvalue weighted by atomic mass is 35.5. The number of ether oxygens (including phenoxy) is 3. The van der Waals surface area contributed by atoms with E-state index in [2.05, 4.69) is 15.0 Å². The van der Waals surface area contributed by atoms with Crippen molar-refractivity contribution in [3.63, 3.8) is 0 Å². The van der Waals surface area contributed by atoms with Gasteiger partial charge in [0.05, 0.1) is 23.8 Å². The van der Waals surface area contributed by atoms with Crippen LogP contribution in [0.2, 0.25) is 5.15 Å². The summed E-state index contributed by atoms with van der Waals surface area (Å²) in [4.78, 5) is 33.7. The van der Waals surface area contributed by atoms with Gasteiger partial charge in [-0.2, -0.15) is 0 Å².